The molecule has 2 amide bonds. The number of rotatable bonds is 3. The van der Waals surface area contributed by atoms with Gasteiger partial charge in [-0.25, -0.2) is 0 Å². The lowest BCUT2D eigenvalue weighted by Crippen LogP contribution is -2.47. The fourth-order valence-electron chi connectivity index (χ4n) is 4.76. The number of benzene rings is 3. The molecular weight excluding hydrogens is 412 g/mol. The summed E-state index contributed by atoms with van der Waals surface area (Å²) >= 11 is 0. The van der Waals surface area contributed by atoms with Gasteiger partial charge in [-0.2, -0.15) is 0 Å². The second kappa shape index (κ2) is 8.37. The molecule has 168 valence electrons. The third-order valence-electron chi connectivity index (χ3n) is 6.59. The predicted molar refractivity (Wildman–Crippen MR) is 134 cm³/mol. The number of nitrogens with one attached hydrogen (secondary N) is 2. The number of H-pyrrole nitrogens is 1. The molecule has 1 aromatic heterocycles. The van der Waals surface area contributed by atoms with Crippen LogP contribution in [-0.4, -0.2) is 59.8 Å². The van der Waals surface area contributed by atoms with Crippen LogP contribution in [0.3, 0.4) is 0 Å². The van der Waals surface area contributed by atoms with Crippen LogP contribution in [0.5, 0.6) is 0 Å². The summed E-state index contributed by atoms with van der Waals surface area (Å²) in [5.74, 6) is 0.000771. The van der Waals surface area contributed by atoms with Crippen molar-refractivity contribution in [3.8, 4) is 11.1 Å². The van der Waals surface area contributed by atoms with Crippen LogP contribution in [0.1, 0.15) is 22.8 Å². The van der Waals surface area contributed by atoms with Crippen molar-refractivity contribution in [2.45, 2.75) is 13.8 Å². The average molecular weight is 441 g/mol. The Morgan fingerprint density at radius 1 is 0.909 bits per heavy atom. The Kier molecular flexibility index (Phi) is 5.38. The SMILES string of the molecule is CC(=O)Nc1cccc(-c2cccc3[nH]c4cc(C(=O)N5CCN(C)CC5)ccc4c23)c1C. The Balaban J connectivity index is 1.58. The molecule has 2 heterocycles. The molecule has 0 saturated carbocycles. The number of nitrogens with zero attached hydrogens (tertiary/aromatic N) is 2. The molecule has 0 spiro atoms. The van der Waals surface area contributed by atoms with E-state index in [0.717, 1.165) is 70.4 Å². The van der Waals surface area contributed by atoms with E-state index in [9.17, 15) is 9.59 Å². The monoisotopic (exact) mass is 440 g/mol. The molecule has 0 aliphatic carbocycles. The first-order valence-electron chi connectivity index (χ1n) is 11.3. The number of piperazine rings is 1. The average Bonchev–Trinajstić information content (AvgIpc) is 3.18. The van der Waals surface area contributed by atoms with E-state index in [1.165, 1.54) is 6.92 Å². The summed E-state index contributed by atoms with van der Waals surface area (Å²) < 4.78 is 0. The van der Waals surface area contributed by atoms with Crippen molar-refractivity contribution in [1.82, 2.24) is 14.8 Å². The maximum atomic E-state index is 13.1. The molecule has 5 rings (SSSR count). The summed E-state index contributed by atoms with van der Waals surface area (Å²) in [6.07, 6.45) is 0. The van der Waals surface area contributed by atoms with Gasteiger partial charge in [0.05, 0.1) is 0 Å². The van der Waals surface area contributed by atoms with E-state index in [2.05, 4.69) is 40.4 Å². The summed E-state index contributed by atoms with van der Waals surface area (Å²) in [6, 6.07) is 18.1. The van der Waals surface area contributed by atoms with Gasteiger partial charge in [-0.15, -0.1) is 0 Å². The molecule has 4 aromatic rings. The lowest BCUT2D eigenvalue weighted by atomic mass is 9.95. The zero-order valence-electron chi connectivity index (χ0n) is 19.2. The number of aromatic nitrogens is 1. The molecule has 33 heavy (non-hydrogen) atoms. The molecule has 1 aliphatic rings. The maximum absolute atomic E-state index is 13.1. The van der Waals surface area contributed by atoms with Crippen LogP contribution in [0.15, 0.2) is 54.6 Å². The summed E-state index contributed by atoms with van der Waals surface area (Å²) in [4.78, 5) is 32.4. The van der Waals surface area contributed by atoms with Crippen molar-refractivity contribution in [3.63, 3.8) is 0 Å². The highest BCUT2D eigenvalue weighted by atomic mass is 16.2. The molecule has 0 bridgehead atoms. The van der Waals surface area contributed by atoms with Crippen LogP contribution >= 0.6 is 0 Å². The first kappa shape index (κ1) is 21.2. The molecule has 6 nitrogen and oxygen atoms in total. The minimum absolute atomic E-state index is 0.0851. The second-order valence-corrected chi connectivity index (χ2v) is 8.87. The van der Waals surface area contributed by atoms with Crippen LogP contribution in [0.25, 0.3) is 32.9 Å². The van der Waals surface area contributed by atoms with E-state index in [0.29, 0.717) is 5.56 Å². The topological polar surface area (TPSA) is 68.4 Å². The molecule has 3 aromatic carbocycles. The number of hydrogen-bond donors (Lipinski definition) is 2. The molecule has 0 unspecified atom stereocenters. The van der Waals surface area contributed by atoms with Gasteiger partial charge >= 0.3 is 0 Å². The van der Waals surface area contributed by atoms with Crippen LogP contribution in [-0.2, 0) is 4.79 Å². The summed E-state index contributed by atoms with van der Waals surface area (Å²) in [5.41, 5.74) is 6.70. The number of carbonyl (C=O) groups excluding carboxylic acids is 2. The smallest absolute Gasteiger partial charge is 0.254 e. The number of amides is 2. The zero-order chi connectivity index (χ0) is 23.1. The van der Waals surface area contributed by atoms with E-state index < -0.39 is 0 Å². The lowest BCUT2D eigenvalue weighted by molar-refractivity contribution is -0.114. The van der Waals surface area contributed by atoms with Gasteiger partial charge in [-0.1, -0.05) is 30.3 Å². The Morgan fingerprint density at radius 3 is 2.39 bits per heavy atom. The number of aromatic amines is 1. The normalized spacial score (nSPS) is 14.7. The van der Waals surface area contributed by atoms with Gasteiger partial charge in [0.1, 0.15) is 0 Å². The van der Waals surface area contributed by atoms with Gasteiger partial charge in [-0.3, -0.25) is 9.59 Å². The standard InChI is InChI=1S/C27H28N4O2/c1-17-20(6-4-8-23(17)28-18(2)32)21-7-5-9-24-26(21)22-11-10-19(16-25(22)29-24)27(33)31-14-12-30(3)13-15-31/h4-11,16,29H,12-15H2,1-3H3,(H,28,32). The largest absolute Gasteiger partial charge is 0.354 e. The first-order chi connectivity index (χ1) is 15.9. The molecule has 1 fully saturated rings. The van der Waals surface area contributed by atoms with Crippen molar-refractivity contribution in [3.05, 3.63) is 65.7 Å². The van der Waals surface area contributed by atoms with Crippen molar-refractivity contribution in [2.75, 3.05) is 38.5 Å². The van der Waals surface area contributed by atoms with E-state index in [4.69, 9.17) is 0 Å². The first-order valence-corrected chi connectivity index (χ1v) is 11.3. The number of hydrogen-bond acceptors (Lipinski definition) is 3. The molecule has 1 saturated heterocycles. The Labute approximate surface area is 193 Å². The van der Waals surface area contributed by atoms with E-state index >= 15 is 0 Å². The number of anilines is 1. The third kappa shape index (κ3) is 3.87. The van der Waals surface area contributed by atoms with Gasteiger partial charge in [0.2, 0.25) is 5.91 Å². The van der Waals surface area contributed by atoms with Gasteiger partial charge in [0.15, 0.2) is 0 Å². The predicted octanol–water partition coefficient (Wildman–Crippen LogP) is 4.64. The van der Waals surface area contributed by atoms with Gasteiger partial charge in [0, 0.05) is 66.2 Å². The lowest BCUT2D eigenvalue weighted by Gasteiger charge is -2.32. The Hall–Kier alpha value is -3.64. The van der Waals surface area contributed by atoms with Crippen LogP contribution in [0, 0.1) is 6.92 Å². The van der Waals surface area contributed by atoms with Gasteiger partial charge in [0.25, 0.3) is 5.91 Å². The van der Waals surface area contributed by atoms with E-state index in [1.54, 1.807) is 0 Å². The molecule has 0 atom stereocenters. The van der Waals surface area contributed by atoms with Crippen molar-refractivity contribution in [1.29, 1.82) is 0 Å². The Morgan fingerprint density at radius 2 is 1.64 bits per heavy atom. The van der Waals surface area contributed by atoms with E-state index in [1.807, 2.05) is 48.2 Å². The molecule has 1 aliphatic heterocycles. The van der Waals surface area contributed by atoms with Crippen LogP contribution < -0.4 is 5.32 Å². The van der Waals surface area contributed by atoms with Crippen molar-refractivity contribution >= 4 is 39.3 Å². The number of fused-ring (bicyclic) bond motifs is 3. The molecule has 2 N–H and O–H groups in total. The fraction of sp³-hybridized carbons (Fsp3) is 0.259. The molecular formula is C27H28N4O2. The van der Waals surface area contributed by atoms with Crippen LogP contribution in [0.2, 0.25) is 0 Å². The summed E-state index contributed by atoms with van der Waals surface area (Å²) in [6.45, 7) is 6.87. The highest BCUT2D eigenvalue weighted by molar-refractivity contribution is 6.15. The highest BCUT2D eigenvalue weighted by Crippen LogP contribution is 2.38. The highest BCUT2D eigenvalue weighted by Gasteiger charge is 2.21. The quantitative estimate of drug-likeness (QED) is 0.488. The third-order valence-corrected chi connectivity index (χ3v) is 6.59. The fourth-order valence-corrected chi connectivity index (χ4v) is 4.76. The number of likely N-dealkylation sites (N-methyl/N-ethyl adjacent to an activating group) is 1. The minimum atomic E-state index is -0.0851. The summed E-state index contributed by atoms with van der Waals surface area (Å²) in [7, 11) is 2.09. The van der Waals surface area contributed by atoms with Crippen molar-refractivity contribution in [2.24, 2.45) is 0 Å². The maximum Gasteiger partial charge on any atom is 0.254 e. The minimum Gasteiger partial charge on any atom is -0.354 e. The molecule has 0 radical (unpaired) electrons. The molecule has 6 heteroatoms. The van der Waals surface area contributed by atoms with Gasteiger partial charge < -0.3 is 20.1 Å². The zero-order valence-corrected chi connectivity index (χ0v) is 19.2. The number of carbonyl (C=O) groups is 2. The van der Waals surface area contributed by atoms with Gasteiger partial charge in [-0.05, 0) is 54.9 Å². The van der Waals surface area contributed by atoms with Crippen LogP contribution in [0.4, 0.5) is 5.69 Å². The van der Waals surface area contributed by atoms with E-state index in [-0.39, 0.29) is 11.8 Å². The van der Waals surface area contributed by atoms with Crippen molar-refractivity contribution < 1.29 is 9.59 Å². The summed E-state index contributed by atoms with van der Waals surface area (Å²) in [5, 5.41) is 5.13. The Bertz CT molecular complexity index is 1380. The second-order valence-electron chi connectivity index (χ2n) is 8.87.